The largest absolute Gasteiger partial charge is 0.479 e. The van der Waals surface area contributed by atoms with E-state index in [1.807, 2.05) is 0 Å². The molecule has 1 atom stereocenters. The molecule has 0 aliphatic heterocycles. The Balaban J connectivity index is 2.76. The van der Waals surface area contributed by atoms with E-state index in [1.165, 1.54) is 25.1 Å². The number of halogens is 1. The first kappa shape index (κ1) is 14.6. The van der Waals surface area contributed by atoms with Crippen molar-refractivity contribution in [2.24, 2.45) is 0 Å². The maximum atomic E-state index is 13.0. The third-order valence-corrected chi connectivity index (χ3v) is 2.61. The number of carbonyl (C=O) groups is 1. The first-order valence-corrected chi connectivity index (χ1v) is 5.70. The Kier molecular flexibility index (Phi) is 5.25. The third kappa shape index (κ3) is 4.09. The first-order valence-electron chi connectivity index (χ1n) is 5.70. The van der Waals surface area contributed by atoms with Crippen molar-refractivity contribution < 1.29 is 24.1 Å². The van der Waals surface area contributed by atoms with Crippen LogP contribution in [0.5, 0.6) is 0 Å². The second-order valence-electron chi connectivity index (χ2n) is 4.27. The summed E-state index contributed by atoms with van der Waals surface area (Å²) in [7, 11) is 0. The number of rotatable bonds is 7. The quantitative estimate of drug-likeness (QED) is 0.727. The van der Waals surface area contributed by atoms with Crippen molar-refractivity contribution in [3.05, 3.63) is 35.6 Å². The molecule has 0 heterocycles. The van der Waals surface area contributed by atoms with Gasteiger partial charge in [-0.15, -0.1) is 0 Å². The van der Waals surface area contributed by atoms with Gasteiger partial charge < -0.3 is 14.9 Å². The van der Waals surface area contributed by atoms with Crippen LogP contribution in [0.15, 0.2) is 24.3 Å². The van der Waals surface area contributed by atoms with E-state index < -0.39 is 17.4 Å². The summed E-state index contributed by atoms with van der Waals surface area (Å²) >= 11 is 0. The smallest absolute Gasteiger partial charge is 0.336 e. The zero-order valence-corrected chi connectivity index (χ0v) is 10.2. The molecule has 0 saturated carbocycles. The summed E-state index contributed by atoms with van der Waals surface area (Å²) in [5.41, 5.74) is -0.855. The Morgan fingerprint density at radius 2 is 2.22 bits per heavy atom. The van der Waals surface area contributed by atoms with Gasteiger partial charge in [-0.05, 0) is 31.0 Å². The number of benzene rings is 1. The van der Waals surface area contributed by atoms with Crippen molar-refractivity contribution in [1.82, 2.24) is 0 Å². The van der Waals surface area contributed by atoms with E-state index in [4.69, 9.17) is 9.84 Å². The molecule has 0 aliphatic rings. The van der Waals surface area contributed by atoms with Gasteiger partial charge in [0, 0.05) is 13.0 Å². The van der Waals surface area contributed by atoms with Gasteiger partial charge in [0.2, 0.25) is 0 Å². The van der Waals surface area contributed by atoms with Crippen LogP contribution in [0.2, 0.25) is 0 Å². The van der Waals surface area contributed by atoms with Crippen LogP contribution >= 0.6 is 0 Å². The molecule has 1 unspecified atom stereocenters. The SMILES string of the molecule is CC(Cc1cccc(F)c1)(OCCCO)C(=O)O. The molecule has 0 radical (unpaired) electrons. The summed E-state index contributed by atoms with van der Waals surface area (Å²) in [4.78, 5) is 11.2. The van der Waals surface area contributed by atoms with Crippen LogP contribution in [0.4, 0.5) is 4.39 Å². The van der Waals surface area contributed by atoms with Gasteiger partial charge in [-0.2, -0.15) is 0 Å². The maximum absolute atomic E-state index is 13.0. The van der Waals surface area contributed by atoms with E-state index in [-0.39, 0.29) is 19.6 Å². The van der Waals surface area contributed by atoms with Crippen molar-refractivity contribution in [1.29, 1.82) is 0 Å². The Labute approximate surface area is 105 Å². The standard InChI is InChI=1S/C13H17FO4/c1-13(12(16)17,18-7-3-6-15)9-10-4-2-5-11(14)8-10/h2,4-5,8,15H,3,6-7,9H2,1H3,(H,16,17). The van der Waals surface area contributed by atoms with Gasteiger partial charge in [0.05, 0.1) is 6.61 Å². The Hall–Kier alpha value is -1.46. The predicted molar refractivity (Wildman–Crippen MR) is 63.8 cm³/mol. The van der Waals surface area contributed by atoms with E-state index in [2.05, 4.69) is 0 Å². The van der Waals surface area contributed by atoms with Crippen molar-refractivity contribution in [2.75, 3.05) is 13.2 Å². The van der Waals surface area contributed by atoms with E-state index in [1.54, 1.807) is 6.07 Å². The van der Waals surface area contributed by atoms with Gasteiger partial charge >= 0.3 is 5.97 Å². The van der Waals surface area contributed by atoms with Gasteiger partial charge in [0.25, 0.3) is 0 Å². The summed E-state index contributed by atoms with van der Waals surface area (Å²) < 4.78 is 18.3. The lowest BCUT2D eigenvalue weighted by Gasteiger charge is -2.25. The molecule has 1 rings (SSSR count). The van der Waals surface area contributed by atoms with E-state index in [9.17, 15) is 14.3 Å². The molecule has 100 valence electrons. The average molecular weight is 256 g/mol. The fourth-order valence-electron chi connectivity index (χ4n) is 1.59. The van der Waals surface area contributed by atoms with Crippen molar-refractivity contribution in [3.63, 3.8) is 0 Å². The number of aliphatic carboxylic acids is 1. The molecule has 0 amide bonds. The molecule has 0 fully saturated rings. The second kappa shape index (κ2) is 6.47. The highest BCUT2D eigenvalue weighted by molar-refractivity contribution is 5.77. The highest BCUT2D eigenvalue weighted by atomic mass is 19.1. The zero-order chi connectivity index (χ0) is 13.6. The van der Waals surface area contributed by atoms with Crippen molar-refractivity contribution in [2.45, 2.75) is 25.4 Å². The number of hydrogen-bond donors (Lipinski definition) is 2. The van der Waals surface area contributed by atoms with Gasteiger partial charge in [0.1, 0.15) is 5.82 Å². The van der Waals surface area contributed by atoms with Crippen LogP contribution in [0.1, 0.15) is 18.9 Å². The van der Waals surface area contributed by atoms with Crippen LogP contribution in [0, 0.1) is 5.82 Å². The molecular weight excluding hydrogens is 239 g/mol. The number of carboxylic acids is 1. The zero-order valence-electron chi connectivity index (χ0n) is 10.2. The molecule has 5 heteroatoms. The van der Waals surface area contributed by atoms with Gasteiger partial charge in [-0.1, -0.05) is 12.1 Å². The first-order chi connectivity index (χ1) is 8.48. The van der Waals surface area contributed by atoms with E-state index in [0.717, 1.165) is 0 Å². The number of carboxylic acid groups (broad SMARTS) is 1. The number of aliphatic hydroxyl groups is 1. The molecule has 18 heavy (non-hydrogen) atoms. The highest BCUT2D eigenvalue weighted by Gasteiger charge is 2.34. The molecule has 1 aromatic rings. The Morgan fingerprint density at radius 1 is 1.50 bits per heavy atom. The van der Waals surface area contributed by atoms with Crippen molar-refractivity contribution >= 4 is 5.97 Å². The van der Waals surface area contributed by atoms with Crippen LogP contribution < -0.4 is 0 Å². The summed E-state index contributed by atoms with van der Waals surface area (Å²) in [6.07, 6.45) is 0.442. The van der Waals surface area contributed by atoms with Crippen LogP contribution in [0.3, 0.4) is 0 Å². The fourth-order valence-corrected chi connectivity index (χ4v) is 1.59. The summed E-state index contributed by atoms with van der Waals surface area (Å²) in [5.74, 6) is -1.51. The van der Waals surface area contributed by atoms with Gasteiger partial charge in [-0.3, -0.25) is 0 Å². The van der Waals surface area contributed by atoms with Crippen LogP contribution in [0.25, 0.3) is 0 Å². The lowest BCUT2D eigenvalue weighted by atomic mass is 9.96. The number of aliphatic hydroxyl groups excluding tert-OH is 1. The average Bonchev–Trinajstić information content (AvgIpc) is 2.29. The number of ether oxygens (including phenoxy) is 1. The molecule has 0 spiro atoms. The summed E-state index contributed by atoms with van der Waals surface area (Å²) in [5, 5.41) is 17.8. The van der Waals surface area contributed by atoms with Crippen LogP contribution in [-0.2, 0) is 16.0 Å². The highest BCUT2D eigenvalue weighted by Crippen LogP contribution is 2.19. The van der Waals surface area contributed by atoms with Crippen molar-refractivity contribution in [3.8, 4) is 0 Å². The molecule has 0 aliphatic carbocycles. The van der Waals surface area contributed by atoms with Gasteiger partial charge in [0.15, 0.2) is 5.60 Å². The monoisotopic (exact) mass is 256 g/mol. The van der Waals surface area contributed by atoms with Gasteiger partial charge in [-0.25, -0.2) is 9.18 Å². The van der Waals surface area contributed by atoms with E-state index in [0.29, 0.717) is 12.0 Å². The molecule has 0 aromatic heterocycles. The van der Waals surface area contributed by atoms with Crippen LogP contribution in [-0.4, -0.2) is 35.0 Å². The molecule has 0 bridgehead atoms. The molecule has 4 nitrogen and oxygen atoms in total. The Bertz CT molecular complexity index is 408. The molecular formula is C13H17FO4. The minimum atomic E-state index is -1.41. The maximum Gasteiger partial charge on any atom is 0.336 e. The van der Waals surface area contributed by atoms with E-state index >= 15 is 0 Å². The second-order valence-corrected chi connectivity index (χ2v) is 4.27. The summed E-state index contributed by atoms with van der Waals surface area (Å²) in [6, 6.07) is 5.77. The topological polar surface area (TPSA) is 66.8 Å². The molecule has 2 N–H and O–H groups in total. The normalized spacial score (nSPS) is 14.2. The lowest BCUT2D eigenvalue weighted by molar-refractivity contribution is -0.163. The third-order valence-electron chi connectivity index (χ3n) is 2.61. The Morgan fingerprint density at radius 3 is 2.78 bits per heavy atom. The summed E-state index contributed by atoms with van der Waals surface area (Å²) in [6.45, 7) is 1.53. The molecule has 0 saturated heterocycles. The minimum absolute atomic E-state index is 0.0599. The predicted octanol–water partition coefficient (Wildman–Crippen LogP) is 1.61. The number of hydrogen-bond acceptors (Lipinski definition) is 3. The fraction of sp³-hybridized carbons (Fsp3) is 0.462. The lowest BCUT2D eigenvalue weighted by Crippen LogP contribution is -2.41. The minimum Gasteiger partial charge on any atom is -0.479 e. The molecule has 1 aromatic carbocycles.